The van der Waals surface area contributed by atoms with E-state index in [-0.39, 0.29) is 11.1 Å². The summed E-state index contributed by atoms with van der Waals surface area (Å²) in [6, 6.07) is 6.65. The van der Waals surface area contributed by atoms with Crippen LogP contribution in [0.15, 0.2) is 30.5 Å². The fourth-order valence-electron chi connectivity index (χ4n) is 2.16. The number of pyridine rings is 1. The molecule has 2 aromatic rings. The molecule has 1 saturated carbocycles. The van der Waals surface area contributed by atoms with E-state index in [2.05, 4.69) is 17.6 Å². The summed E-state index contributed by atoms with van der Waals surface area (Å²) < 4.78 is 5.86. The molecule has 0 atom stereocenters. The number of nitro benzene ring substituents is 1. The summed E-state index contributed by atoms with van der Waals surface area (Å²) in [7, 11) is 0. The van der Waals surface area contributed by atoms with E-state index in [0.717, 1.165) is 18.6 Å². The maximum atomic E-state index is 11.0. The summed E-state index contributed by atoms with van der Waals surface area (Å²) in [5, 5.41) is 11.7. The summed E-state index contributed by atoms with van der Waals surface area (Å²) in [6.45, 7) is 0.596. The number of thiol groups is 1. The number of nitro groups is 1. The van der Waals surface area contributed by atoms with Crippen LogP contribution in [0.5, 0.6) is 5.75 Å². The highest BCUT2D eigenvalue weighted by Gasteiger charge is 2.42. The van der Waals surface area contributed by atoms with Gasteiger partial charge in [-0.05, 0) is 36.8 Å². The molecule has 0 aliphatic heterocycles. The van der Waals surface area contributed by atoms with Crippen LogP contribution in [0.4, 0.5) is 5.69 Å². The maximum absolute atomic E-state index is 11.0. The maximum Gasteiger partial charge on any atom is 0.295 e. The highest BCUT2D eigenvalue weighted by atomic mass is 32.1. The number of rotatable bonds is 5. The number of aromatic nitrogens is 1. The average molecular weight is 290 g/mol. The van der Waals surface area contributed by atoms with E-state index in [9.17, 15) is 10.1 Å². The molecule has 1 aromatic carbocycles. The van der Waals surface area contributed by atoms with Crippen molar-refractivity contribution in [1.82, 2.24) is 4.98 Å². The lowest BCUT2D eigenvalue weighted by atomic mass is 10.1. The van der Waals surface area contributed by atoms with Crippen molar-refractivity contribution in [2.45, 2.75) is 12.8 Å². The number of non-ortho nitro benzene ring substituents is 1. The molecule has 104 valence electrons. The molecule has 20 heavy (non-hydrogen) atoms. The van der Waals surface area contributed by atoms with Crippen molar-refractivity contribution in [3.63, 3.8) is 0 Å². The summed E-state index contributed by atoms with van der Waals surface area (Å²) in [6.07, 6.45) is 3.80. The number of hydrogen-bond donors (Lipinski definition) is 1. The summed E-state index contributed by atoms with van der Waals surface area (Å²) in [4.78, 5) is 14.7. The Morgan fingerprint density at radius 3 is 2.85 bits per heavy atom. The number of fused-ring (bicyclic) bond motifs is 1. The third kappa shape index (κ3) is 2.31. The normalized spacial score (nSPS) is 16.1. The molecule has 0 unspecified atom stereocenters. The molecule has 1 aliphatic rings. The van der Waals surface area contributed by atoms with E-state index < -0.39 is 4.92 Å². The lowest BCUT2D eigenvalue weighted by Crippen LogP contribution is -2.14. The first-order valence-electron chi connectivity index (χ1n) is 6.41. The van der Waals surface area contributed by atoms with Crippen molar-refractivity contribution in [3.05, 3.63) is 40.6 Å². The second-order valence-electron chi connectivity index (χ2n) is 5.19. The van der Waals surface area contributed by atoms with Gasteiger partial charge in [-0.3, -0.25) is 10.1 Å². The molecular formula is C14H14N2O3S. The minimum absolute atomic E-state index is 0.00304. The van der Waals surface area contributed by atoms with E-state index in [1.165, 1.54) is 6.07 Å². The highest BCUT2D eigenvalue weighted by Crippen LogP contribution is 2.47. The monoisotopic (exact) mass is 290 g/mol. The first kappa shape index (κ1) is 13.2. The van der Waals surface area contributed by atoms with Crippen LogP contribution in [0.1, 0.15) is 12.8 Å². The van der Waals surface area contributed by atoms with Crippen LogP contribution < -0.4 is 4.74 Å². The van der Waals surface area contributed by atoms with Crippen molar-refractivity contribution < 1.29 is 9.66 Å². The van der Waals surface area contributed by atoms with E-state index in [0.29, 0.717) is 23.3 Å². The molecular weight excluding hydrogens is 276 g/mol. The van der Waals surface area contributed by atoms with Gasteiger partial charge in [-0.2, -0.15) is 12.6 Å². The lowest BCUT2D eigenvalue weighted by molar-refractivity contribution is -0.383. The molecule has 1 aromatic heterocycles. The molecule has 1 heterocycles. The lowest BCUT2D eigenvalue weighted by Gasteiger charge is -2.14. The van der Waals surface area contributed by atoms with Crippen LogP contribution in [0.2, 0.25) is 0 Å². The summed E-state index contributed by atoms with van der Waals surface area (Å²) in [5.74, 6) is 1.45. The molecule has 0 radical (unpaired) electrons. The molecule has 0 N–H and O–H groups in total. The zero-order chi connectivity index (χ0) is 14.2. The Bertz CT molecular complexity index is 671. The van der Waals surface area contributed by atoms with Crippen molar-refractivity contribution in [1.29, 1.82) is 0 Å². The Morgan fingerprint density at radius 1 is 1.40 bits per heavy atom. The Hall–Kier alpha value is -1.82. The predicted molar refractivity (Wildman–Crippen MR) is 79.4 cm³/mol. The van der Waals surface area contributed by atoms with E-state index in [1.807, 2.05) is 0 Å². The largest absolute Gasteiger partial charge is 0.492 e. The zero-order valence-electron chi connectivity index (χ0n) is 10.8. The molecule has 6 heteroatoms. The van der Waals surface area contributed by atoms with Gasteiger partial charge in [0.1, 0.15) is 5.75 Å². The summed E-state index contributed by atoms with van der Waals surface area (Å²) in [5.41, 5.74) is 0.549. The number of benzene rings is 1. The van der Waals surface area contributed by atoms with E-state index in [1.54, 1.807) is 24.4 Å². The fourth-order valence-corrected chi connectivity index (χ4v) is 2.57. The van der Waals surface area contributed by atoms with Crippen LogP contribution in [0, 0.1) is 15.5 Å². The van der Waals surface area contributed by atoms with Gasteiger partial charge in [0.2, 0.25) is 0 Å². The Labute approximate surface area is 121 Å². The third-order valence-corrected chi connectivity index (χ3v) is 4.40. The van der Waals surface area contributed by atoms with Crippen LogP contribution in [0.3, 0.4) is 0 Å². The van der Waals surface area contributed by atoms with Gasteiger partial charge in [0, 0.05) is 23.1 Å². The van der Waals surface area contributed by atoms with Crippen LogP contribution in [-0.4, -0.2) is 22.3 Å². The van der Waals surface area contributed by atoms with Gasteiger partial charge in [0.15, 0.2) is 5.52 Å². The van der Waals surface area contributed by atoms with Crippen LogP contribution in [0.25, 0.3) is 10.9 Å². The smallest absolute Gasteiger partial charge is 0.295 e. The van der Waals surface area contributed by atoms with Gasteiger partial charge in [-0.15, -0.1) is 0 Å². The quantitative estimate of drug-likeness (QED) is 0.521. The zero-order valence-corrected chi connectivity index (χ0v) is 11.7. The average Bonchev–Trinajstić information content (AvgIpc) is 3.25. The topological polar surface area (TPSA) is 65.3 Å². The van der Waals surface area contributed by atoms with Gasteiger partial charge < -0.3 is 4.74 Å². The van der Waals surface area contributed by atoms with Crippen molar-refractivity contribution >= 4 is 29.2 Å². The van der Waals surface area contributed by atoms with Gasteiger partial charge in [0.05, 0.1) is 11.5 Å². The standard InChI is InChI=1S/C14H14N2O3S/c17-16(18)11-3-4-12(10-2-1-7-15-13(10)11)19-8-14(9-20)5-6-14/h1-4,7,20H,5-6,8-9H2. The Morgan fingerprint density at radius 2 is 2.20 bits per heavy atom. The first-order valence-corrected chi connectivity index (χ1v) is 7.04. The molecule has 5 nitrogen and oxygen atoms in total. The number of hydrogen-bond acceptors (Lipinski definition) is 5. The highest BCUT2D eigenvalue weighted by molar-refractivity contribution is 7.80. The van der Waals surface area contributed by atoms with Gasteiger partial charge in [-0.25, -0.2) is 4.98 Å². The SMILES string of the molecule is O=[N+]([O-])c1ccc(OCC2(CS)CC2)c2cccnc12. The van der Waals surface area contributed by atoms with Gasteiger partial charge >= 0.3 is 0 Å². The van der Waals surface area contributed by atoms with Gasteiger partial charge in [0.25, 0.3) is 5.69 Å². The van der Waals surface area contributed by atoms with Crippen LogP contribution >= 0.6 is 12.6 Å². The molecule has 0 bridgehead atoms. The predicted octanol–water partition coefficient (Wildman–Crippen LogP) is 3.23. The Kier molecular flexibility index (Phi) is 3.25. The first-order chi connectivity index (χ1) is 9.65. The molecule has 0 spiro atoms. The fraction of sp³-hybridized carbons (Fsp3) is 0.357. The molecule has 1 fully saturated rings. The minimum Gasteiger partial charge on any atom is -0.492 e. The van der Waals surface area contributed by atoms with E-state index in [4.69, 9.17) is 4.74 Å². The molecule has 0 saturated heterocycles. The molecule has 3 rings (SSSR count). The number of ether oxygens (including phenoxy) is 1. The molecule has 1 aliphatic carbocycles. The van der Waals surface area contributed by atoms with E-state index >= 15 is 0 Å². The van der Waals surface area contributed by atoms with Crippen molar-refractivity contribution in [3.8, 4) is 5.75 Å². The number of nitrogens with zero attached hydrogens (tertiary/aromatic N) is 2. The van der Waals surface area contributed by atoms with Crippen LogP contribution in [-0.2, 0) is 0 Å². The van der Waals surface area contributed by atoms with Crippen molar-refractivity contribution in [2.24, 2.45) is 5.41 Å². The Balaban J connectivity index is 1.96. The second kappa shape index (κ2) is 4.94. The molecule has 0 amide bonds. The summed E-state index contributed by atoms with van der Waals surface area (Å²) >= 11 is 4.35. The third-order valence-electron chi connectivity index (χ3n) is 3.73. The van der Waals surface area contributed by atoms with Crippen molar-refractivity contribution in [2.75, 3.05) is 12.4 Å². The second-order valence-corrected chi connectivity index (χ2v) is 5.50. The minimum atomic E-state index is -0.421. The van der Waals surface area contributed by atoms with Gasteiger partial charge in [-0.1, -0.05) is 0 Å².